The minimum Gasteiger partial charge on any atom is -0.478 e. The summed E-state index contributed by atoms with van der Waals surface area (Å²) in [5.74, 6) is -0.913. The van der Waals surface area contributed by atoms with Gasteiger partial charge in [-0.15, -0.1) is 0 Å². The molecule has 0 aromatic heterocycles. The molecule has 2 aromatic carbocycles. The average molecular weight is 276 g/mol. The summed E-state index contributed by atoms with van der Waals surface area (Å²) in [6.07, 6.45) is 7.02. The normalized spacial score (nSPS) is 13.8. The van der Waals surface area contributed by atoms with Gasteiger partial charge in [0.2, 0.25) is 0 Å². The van der Waals surface area contributed by atoms with Crippen molar-refractivity contribution in [2.75, 3.05) is 0 Å². The van der Waals surface area contributed by atoms with Crippen LogP contribution in [0, 0.1) is 0 Å². The van der Waals surface area contributed by atoms with E-state index in [0.29, 0.717) is 0 Å². The van der Waals surface area contributed by atoms with Crippen molar-refractivity contribution in [1.29, 1.82) is 0 Å². The van der Waals surface area contributed by atoms with Crippen LogP contribution in [-0.2, 0) is 11.2 Å². The van der Waals surface area contributed by atoms with E-state index >= 15 is 0 Å². The lowest BCUT2D eigenvalue weighted by Gasteiger charge is -2.18. The fourth-order valence-corrected chi connectivity index (χ4v) is 2.76. The van der Waals surface area contributed by atoms with Crippen LogP contribution >= 0.6 is 0 Å². The van der Waals surface area contributed by atoms with Gasteiger partial charge in [0.05, 0.1) is 0 Å². The summed E-state index contributed by atoms with van der Waals surface area (Å²) in [4.78, 5) is 10.7. The van der Waals surface area contributed by atoms with E-state index in [0.717, 1.165) is 18.4 Å². The van der Waals surface area contributed by atoms with Crippen molar-refractivity contribution in [3.8, 4) is 0 Å². The molecule has 0 aliphatic heterocycles. The maximum absolute atomic E-state index is 10.7. The number of rotatable bonds is 3. The van der Waals surface area contributed by atoms with Crippen molar-refractivity contribution in [2.24, 2.45) is 0 Å². The largest absolute Gasteiger partial charge is 0.478 e. The Bertz CT molecular complexity index is 724. The SMILES string of the molecule is O=C(O)C=Cc1cccc2c1CCC(c1ccccc1)=C2. The molecule has 0 unspecified atom stereocenters. The van der Waals surface area contributed by atoms with Crippen LogP contribution in [0.1, 0.15) is 28.7 Å². The van der Waals surface area contributed by atoms with Gasteiger partial charge in [-0.1, -0.05) is 54.6 Å². The average Bonchev–Trinajstić information content (AvgIpc) is 2.53. The Morgan fingerprint density at radius 3 is 2.57 bits per heavy atom. The maximum Gasteiger partial charge on any atom is 0.328 e. The van der Waals surface area contributed by atoms with E-state index in [1.54, 1.807) is 6.08 Å². The van der Waals surface area contributed by atoms with E-state index in [1.165, 1.54) is 28.3 Å². The molecule has 0 saturated heterocycles. The summed E-state index contributed by atoms with van der Waals surface area (Å²) in [6, 6.07) is 16.4. The first-order valence-electron chi connectivity index (χ1n) is 7.03. The molecule has 0 atom stereocenters. The molecule has 0 bridgehead atoms. The molecule has 3 rings (SSSR count). The van der Waals surface area contributed by atoms with Crippen LogP contribution in [0.5, 0.6) is 0 Å². The number of allylic oxidation sites excluding steroid dienone is 1. The molecular formula is C19H16O2. The van der Waals surface area contributed by atoms with E-state index in [2.05, 4.69) is 36.4 Å². The second kappa shape index (κ2) is 5.80. The Kier molecular flexibility index (Phi) is 3.69. The maximum atomic E-state index is 10.7. The number of fused-ring (bicyclic) bond motifs is 1. The fraction of sp³-hybridized carbons (Fsp3) is 0.105. The lowest BCUT2D eigenvalue weighted by molar-refractivity contribution is -0.131. The van der Waals surface area contributed by atoms with E-state index < -0.39 is 5.97 Å². The molecule has 1 aliphatic rings. The molecule has 2 nitrogen and oxygen atoms in total. The predicted octanol–water partition coefficient (Wildman–Crippen LogP) is 4.27. The summed E-state index contributed by atoms with van der Waals surface area (Å²) >= 11 is 0. The molecule has 0 spiro atoms. The second-order valence-electron chi connectivity index (χ2n) is 5.12. The number of hydrogen-bond donors (Lipinski definition) is 1. The Balaban J connectivity index is 1.99. The number of aliphatic carboxylic acids is 1. The molecule has 0 heterocycles. The highest BCUT2D eigenvalue weighted by Crippen LogP contribution is 2.32. The van der Waals surface area contributed by atoms with Crippen LogP contribution in [0.4, 0.5) is 0 Å². The molecule has 21 heavy (non-hydrogen) atoms. The number of carboxylic acids is 1. The van der Waals surface area contributed by atoms with Gasteiger partial charge in [-0.3, -0.25) is 0 Å². The van der Waals surface area contributed by atoms with Gasteiger partial charge in [0, 0.05) is 6.08 Å². The molecule has 104 valence electrons. The minimum absolute atomic E-state index is 0.913. The molecule has 0 saturated carbocycles. The quantitative estimate of drug-likeness (QED) is 0.850. The third-order valence-corrected chi connectivity index (χ3v) is 3.77. The van der Waals surface area contributed by atoms with E-state index in [-0.39, 0.29) is 0 Å². The zero-order valence-electron chi connectivity index (χ0n) is 11.6. The number of carboxylic acid groups (broad SMARTS) is 1. The summed E-state index contributed by atoms with van der Waals surface area (Å²) in [5.41, 5.74) is 6.01. The van der Waals surface area contributed by atoms with Gasteiger partial charge in [-0.2, -0.15) is 0 Å². The first kappa shape index (κ1) is 13.4. The van der Waals surface area contributed by atoms with Crippen LogP contribution in [0.3, 0.4) is 0 Å². The van der Waals surface area contributed by atoms with Crippen LogP contribution < -0.4 is 0 Å². The molecular weight excluding hydrogens is 260 g/mol. The number of benzene rings is 2. The molecule has 0 fully saturated rings. The molecule has 0 amide bonds. The Hall–Kier alpha value is -2.61. The zero-order valence-corrected chi connectivity index (χ0v) is 11.6. The van der Waals surface area contributed by atoms with Crippen molar-refractivity contribution in [2.45, 2.75) is 12.8 Å². The third-order valence-electron chi connectivity index (χ3n) is 3.77. The lowest BCUT2D eigenvalue weighted by atomic mass is 9.86. The first-order chi connectivity index (χ1) is 10.2. The van der Waals surface area contributed by atoms with E-state index in [4.69, 9.17) is 5.11 Å². The highest BCUT2D eigenvalue weighted by molar-refractivity contribution is 5.88. The first-order valence-corrected chi connectivity index (χ1v) is 7.03. The van der Waals surface area contributed by atoms with Gasteiger partial charge in [0.25, 0.3) is 0 Å². The van der Waals surface area contributed by atoms with Crippen molar-refractivity contribution >= 4 is 23.7 Å². The summed E-state index contributed by atoms with van der Waals surface area (Å²) in [7, 11) is 0. The van der Waals surface area contributed by atoms with Gasteiger partial charge in [-0.25, -0.2) is 4.79 Å². The smallest absolute Gasteiger partial charge is 0.328 e. The van der Waals surface area contributed by atoms with Crippen molar-refractivity contribution < 1.29 is 9.90 Å². The third kappa shape index (κ3) is 2.95. The number of hydrogen-bond acceptors (Lipinski definition) is 1. The van der Waals surface area contributed by atoms with Crippen molar-refractivity contribution in [1.82, 2.24) is 0 Å². The molecule has 2 heteroatoms. The highest BCUT2D eigenvalue weighted by atomic mass is 16.4. The molecule has 1 N–H and O–H groups in total. The Morgan fingerprint density at radius 2 is 1.81 bits per heavy atom. The van der Waals surface area contributed by atoms with Crippen LogP contribution in [-0.4, -0.2) is 11.1 Å². The van der Waals surface area contributed by atoms with Gasteiger partial charge >= 0.3 is 5.97 Å². The predicted molar refractivity (Wildman–Crippen MR) is 85.7 cm³/mol. The van der Waals surface area contributed by atoms with Crippen molar-refractivity contribution in [3.05, 3.63) is 76.9 Å². The highest BCUT2D eigenvalue weighted by Gasteiger charge is 2.13. The minimum atomic E-state index is -0.913. The van der Waals surface area contributed by atoms with E-state index in [9.17, 15) is 4.79 Å². The van der Waals surface area contributed by atoms with Crippen molar-refractivity contribution in [3.63, 3.8) is 0 Å². The van der Waals surface area contributed by atoms with Gasteiger partial charge in [0.15, 0.2) is 0 Å². The zero-order chi connectivity index (χ0) is 14.7. The van der Waals surface area contributed by atoms with Gasteiger partial charge < -0.3 is 5.11 Å². The summed E-state index contributed by atoms with van der Waals surface area (Å²) in [5, 5.41) is 8.77. The Morgan fingerprint density at radius 1 is 1.00 bits per heavy atom. The standard InChI is InChI=1S/C19H16O2/c20-19(21)12-10-15-7-4-8-17-13-16(9-11-18(15)17)14-5-2-1-3-6-14/h1-8,10,12-13H,9,11H2,(H,20,21). The van der Waals surface area contributed by atoms with Gasteiger partial charge in [0.1, 0.15) is 0 Å². The van der Waals surface area contributed by atoms with Gasteiger partial charge in [-0.05, 0) is 46.7 Å². The van der Waals surface area contributed by atoms with E-state index in [1.807, 2.05) is 18.2 Å². The fourth-order valence-electron chi connectivity index (χ4n) is 2.76. The van der Waals surface area contributed by atoms with Crippen LogP contribution in [0.15, 0.2) is 54.6 Å². The lowest BCUT2D eigenvalue weighted by Crippen LogP contribution is -2.01. The van der Waals surface area contributed by atoms with Crippen LogP contribution in [0.25, 0.3) is 17.7 Å². The molecule has 0 radical (unpaired) electrons. The molecule has 2 aromatic rings. The number of carbonyl (C=O) groups is 1. The topological polar surface area (TPSA) is 37.3 Å². The van der Waals surface area contributed by atoms with Crippen LogP contribution in [0.2, 0.25) is 0 Å². The molecule has 1 aliphatic carbocycles. The second-order valence-corrected chi connectivity index (χ2v) is 5.12. The summed E-state index contributed by atoms with van der Waals surface area (Å²) < 4.78 is 0. The Labute approximate surface area is 124 Å². The summed E-state index contributed by atoms with van der Waals surface area (Å²) in [6.45, 7) is 0. The monoisotopic (exact) mass is 276 g/mol.